The number of quaternary nitrogens is 2. The van der Waals surface area contributed by atoms with Gasteiger partial charge in [-0.25, -0.2) is 0 Å². The molecule has 0 aromatic rings. The summed E-state index contributed by atoms with van der Waals surface area (Å²) in [5, 5.41) is 12.3. The predicted molar refractivity (Wildman–Crippen MR) is 63.8 cm³/mol. The van der Waals surface area contributed by atoms with Crippen LogP contribution < -0.4 is 0 Å². The Bertz CT molecular complexity index is 222. The predicted octanol–water partition coefficient (Wildman–Crippen LogP) is 1.87. The molecule has 1 heterocycles. The standard InChI is InChI=1S/C12H23N2O/c1-4-8-13(3,9-5-2)12-14(15)10-6-7-11-14/h4-5H,1-2,6-12H2,3H3/q+1. The highest BCUT2D eigenvalue weighted by Crippen LogP contribution is 2.21. The zero-order valence-electron chi connectivity index (χ0n) is 9.82. The van der Waals surface area contributed by atoms with Gasteiger partial charge in [0.1, 0.15) is 13.1 Å². The van der Waals surface area contributed by atoms with Crippen LogP contribution in [0.5, 0.6) is 0 Å². The van der Waals surface area contributed by atoms with Crippen molar-refractivity contribution < 1.29 is 9.13 Å². The Kier molecular flexibility index (Phi) is 4.08. The van der Waals surface area contributed by atoms with E-state index in [2.05, 4.69) is 20.2 Å². The van der Waals surface area contributed by atoms with E-state index < -0.39 is 0 Å². The zero-order valence-corrected chi connectivity index (χ0v) is 9.82. The normalized spacial score (nSPS) is 20.1. The summed E-state index contributed by atoms with van der Waals surface area (Å²) < 4.78 is 0.703. The molecule has 0 amide bonds. The fourth-order valence-corrected chi connectivity index (χ4v) is 2.49. The van der Waals surface area contributed by atoms with Crippen LogP contribution >= 0.6 is 0 Å². The number of hydrogen-bond donors (Lipinski definition) is 0. The Morgan fingerprint density at radius 3 is 2.07 bits per heavy atom. The highest BCUT2D eigenvalue weighted by Gasteiger charge is 2.32. The third kappa shape index (κ3) is 3.45. The number of hydroxylamine groups is 3. The van der Waals surface area contributed by atoms with Crippen LogP contribution in [0.1, 0.15) is 12.8 Å². The smallest absolute Gasteiger partial charge is 0.207 e. The zero-order chi connectivity index (χ0) is 11.4. The molecule has 0 aromatic carbocycles. The summed E-state index contributed by atoms with van der Waals surface area (Å²) in [6, 6.07) is 0. The molecule has 0 saturated carbocycles. The van der Waals surface area contributed by atoms with Crippen molar-refractivity contribution in [2.24, 2.45) is 0 Å². The number of likely N-dealkylation sites (N-methyl/N-ethyl adjacent to an activating group) is 1. The van der Waals surface area contributed by atoms with Crippen LogP contribution in [0.4, 0.5) is 0 Å². The third-order valence-electron chi connectivity index (χ3n) is 3.12. The molecule has 0 spiro atoms. The number of likely N-dealkylation sites (tertiary alicyclic amines) is 1. The van der Waals surface area contributed by atoms with Gasteiger partial charge in [-0.3, -0.25) is 4.48 Å². The van der Waals surface area contributed by atoms with Crippen molar-refractivity contribution in [1.82, 2.24) is 0 Å². The van der Waals surface area contributed by atoms with Gasteiger partial charge in [-0.2, -0.15) is 0 Å². The highest BCUT2D eigenvalue weighted by atomic mass is 16.5. The molecule has 0 unspecified atom stereocenters. The molecule has 1 aliphatic heterocycles. The van der Waals surface area contributed by atoms with Gasteiger partial charge in [0.25, 0.3) is 0 Å². The first-order chi connectivity index (χ1) is 7.04. The molecule has 0 aromatic heterocycles. The van der Waals surface area contributed by atoms with Crippen LogP contribution in [0, 0.1) is 5.21 Å². The van der Waals surface area contributed by atoms with E-state index in [0.717, 1.165) is 43.5 Å². The lowest BCUT2D eigenvalue weighted by Crippen LogP contribution is -2.57. The van der Waals surface area contributed by atoms with Crippen molar-refractivity contribution in [1.29, 1.82) is 0 Å². The minimum absolute atomic E-state index is 0.0296. The molecule has 0 atom stereocenters. The van der Waals surface area contributed by atoms with E-state index in [-0.39, 0.29) is 4.65 Å². The molecule has 1 saturated heterocycles. The fourth-order valence-electron chi connectivity index (χ4n) is 2.49. The Morgan fingerprint density at radius 1 is 1.20 bits per heavy atom. The van der Waals surface area contributed by atoms with Crippen LogP contribution in [0.15, 0.2) is 25.3 Å². The molecule has 0 radical (unpaired) electrons. The van der Waals surface area contributed by atoms with Crippen LogP contribution in [-0.4, -0.2) is 49.0 Å². The largest absolute Gasteiger partial charge is 0.629 e. The average Bonchev–Trinajstić information content (AvgIpc) is 2.51. The van der Waals surface area contributed by atoms with Crippen LogP contribution in [-0.2, 0) is 0 Å². The van der Waals surface area contributed by atoms with Crippen LogP contribution in [0.3, 0.4) is 0 Å². The SMILES string of the molecule is C=CC[N+](C)(CC=C)C[N+]1([O-])CCCC1. The molecular formula is C12H23N2O+. The Labute approximate surface area is 93.1 Å². The van der Waals surface area contributed by atoms with Crippen LogP contribution in [0.25, 0.3) is 0 Å². The molecule has 0 aliphatic carbocycles. The molecule has 0 N–H and O–H groups in total. The molecule has 3 heteroatoms. The maximum Gasteiger partial charge on any atom is 0.207 e. The third-order valence-corrected chi connectivity index (χ3v) is 3.12. The lowest BCUT2D eigenvalue weighted by atomic mass is 10.4. The van der Waals surface area contributed by atoms with Crippen molar-refractivity contribution in [2.75, 3.05) is 39.9 Å². The van der Waals surface area contributed by atoms with E-state index in [1.54, 1.807) is 0 Å². The lowest BCUT2D eigenvalue weighted by molar-refractivity contribution is -1.06. The average molecular weight is 211 g/mol. The quantitative estimate of drug-likeness (QED) is 0.374. The monoisotopic (exact) mass is 211 g/mol. The van der Waals surface area contributed by atoms with Gasteiger partial charge >= 0.3 is 0 Å². The summed E-state index contributed by atoms with van der Waals surface area (Å²) in [4.78, 5) is 0. The summed E-state index contributed by atoms with van der Waals surface area (Å²) in [7, 11) is 2.11. The lowest BCUT2D eigenvalue weighted by Gasteiger charge is -2.45. The molecule has 3 nitrogen and oxygen atoms in total. The van der Waals surface area contributed by atoms with Gasteiger partial charge in [0, 0.05) is 12.8 Å². The first-order valence-corrected chi connectivity index (χ1v) is 5.66. The molecular weight excluding hydrogens is 188 g/mol. The van der Waals surface area contributed by atoms with Crippen molar-refractivity contribution >= 4 is 0 Å². The van der Waals surface area contributed by atoms with Crippen molar-refractivity contribution in [3.05, 3.63) is 30.5 Å². The van der Waals surface area contributed by atoms with E-state index in [1.807, 2.05) is 12.2 Å². The van der Waals surface area contributed by atoms with Gasteiger partial charge in [0.05, 0.1) is 20.1 Å². The minimum atomic E-state index is -0.0296. The molecule has 1 fully saturated rings. The molecule has 15 heavy (non-hydrogen) atoms. The highest BCUT2D eigenvalue weighted by molar-refractivity contribution is 4.70. The molecule has 86 valence electrons. The first-order valence-electron chi connectivity index (χ1n) is 5.66. The van der Waals surface area contributed by atoms with Gasteiger partial charge in [-0.05, 0) is 12.2 Å². The summed E-state index contributed by atoms with van der Waals surface area (Å²) in [5.41, 5.74) is 0. The second-order valence-corrected chi connectivity index (χ2v) is 4.92. The first kappa shape index (κ1) is 12.4. The minimum Gasteiger partial charge on any atom is -0.629 e. The molecule has 1 aliphatic rings. The van der Waals surface area contributed by atoms with Crippen LogP contribution in [0.2, 0.25) is 0 Å². The number of rotatable bonds is 6. The Morgan fingerprint density at radius 2 is 1.67 bits per heavy atom. The van der Waals surface area contributed by atoms with Gasteiger partial charge < -0.3 is 9.85 Å². The topological polar surface area (TPSA) is 23.1 Å². The maximum atomic E-state index is 12.3. The summed E-state index contributed by atoms with van der Waals surface area (Å²) in [6.45, 7) is 11.4. The van der Waals surface area contributed by atoms with E-state index in [0.29, 0.717) is 6.67 Å². The molecule has 1 rings (SSSR count). The number of nitrogens with zero attached hydrogens (tertiary/aromatic N) is 2. The van der Waals surface area contributed by atoms with E-state index in [1.165, 1.54) is 0 Å². The second-order valence-electron chi connectivity index (χ2n) is 4.92. The van der Waals surface area contributed by atoms with Gasteiger partial charge in [0.2, 0.25) is 6.67 Å². The van der Waals surface area contributed by atoms with Crippen molar-refractivity contribution in [3.8, 4) is 0 Å². The van der Waals surface area contributed by atoms with Crippen molar-refractivity contribution in [3.63, 3.8) is 0 Å². The van der Waals surface area contributed by atoms with Gasteiger partial charge in [0.15, 0.2) is 0 Å². The summed E-state index contributed by atoms with van der Waals surface area (Å²) in [6.07, 6.45) is 5.94. The van der Waals surface area contributed by atoms with E-state index >= 15 is 0 Å². The van der Waals surface area contributed by atoms with E-state index in [9.17, 15) is 5.21 Å². The van der Waals surface area contributed by atoms with Crippen molar-refractivity contribution in [2.45, 2.75) is 12.8 Å². The fraction of sp³-hybridized carbons (Fsp3) is 0.667. The summed E-state index contributed by atoms with van der Waals surface area (Å²) >= 11 is 0. The van der Waals surface area contributed by atoms with E-state index in [4.69, 9.17) is 0 Å². The second kappa shape index (κ2) is 4.92. The summed E-state index contributed by atoms with van der Waals surface area (Å²) in [5.74, 6) is 0. The maximum absolute atomic E-state index is 12.3. The van der Waals surface area contributed by atoms with Gasteiger partial charge in [-0.1, -0.05) is 13.2 Å². The van der Waals surface area contributed by atoms with Gasteiger partial charge in [-0.15, -0.1) is 0 Å². The Balaban J connectivity index is 2.63. The Hall–Kier alpha value is -0.640. The molecule has 0 bridgehead atoms. The number of hydrogen-bond acceptors (Lipinski definition) is 1.